The molecule has 0 spiro atoms. The quantitative estimate of drug-likeness (QED) is 0.506. The highest BCUT2D eigenvalue weighted by Crippen LogP contribution is 2.23. The number of benzene rings is 1. The fourth-order valence-electron chi connectivity index (χ4n) is 3.91. The van der Waals surface area contributed by atoms with Crippen molar-refractivity contribution >= 4 is 33.2 Å². The molecule has 3 rings (SSSR count). The minimum atomic E-state index is -3.90. The zero-order valence-electron chi connectivity index (χ0n) is 19.5. The van der Waals surface area contributed by atoms with Crippen molar-refractivity contribution in [2.45, 2.75) is 25.3 Å². The normalized spacial score (nSPS) is 15.2. The molecule has 9 nitrogen and oxygen atoms in total. The van der Waals surface area contributed by atoms with Gasteiger partial charge in [0.25, 0.3) is 15.9 Å². The monoisotopic (exact) mass is 496 g/mol. The minimum Gasteiger partial charge on any atom is -0.369 e. The van der Waals surface area contributed by atoms with Gasteiger partial charge in [0, 0.05) is 56.7 Å². The van der Waals surface area contributed by atoms with Gasteiger partial charge < -0.3 is 15.1 Å². The highest BCUT2D eigenvalue weighted by molar-refractivity contribution is 7.89. The average molecular weight is 497 g/mol. The van der Waals surface area contributed by atoms with Gasteiger partial charge in [-0.25, -0.2) is 8.42 Å². The van der Waals surface area contributed by atoms with E-state index in [1.54, 1.807) is 7.05 Å². The second-order valence-corrected chi connectivity index (χ2v) is 10.3. The third-order valence-corrected chi connectivity index (χ3v) is 7.97. The van der Waals surface area contributed by atoms with Crippen molar-refractivity contribution < 1.29 is 13.2 Å². The van der Waals surface area contributed by atoms with Crippen LogP contribution in [-0.2, 0) is 17.1 Å². The van der Waals surface area contributed by atoms with Crippen LogP contribution in [0.1, 0.15) is 30.6 Å². The SMILES string of the molecule is CCN(CC)CCCNC(=O)c1cn(C)nc1S(=O)(=O)N1CCN(c2ccc(Cl)cc2)CC1. The van der Waals surface area contributed by atoms with E-state index in [1.165, 1.54) is 15.2 Å². The number of carbonyl (C=O) groups is 1. The molecule has 1 aromatic heterocycles. The summed E-state index contributed by atoms with van der Waals surface area (Å²) in [6.07, 6.45) is 2.26. The third-order valence-electron chi connectivity index (χ3n) is 5.89. The van der Waals surface area contributed by atoms with Gasteiger partial charge in [0.1, 0.15) is 0 Å². The van der Waals surface area contributed by atoms with Gasteiger partial charge in [-0.05, 0) is 50.3 Å². The van der Waals surface area contributed by atoms with Gasteiger partial charge in [0.2, 0.25) is 5.03 Å². The molecule has 0 radical (unpaired) electrons. The number of aromatic nitrogens is 2. The maximum atomic E-state index is 13.3. The van der Waals surface area contributed by atoms with Crippen LogP contribution in [0.25, 0.3) is 0 Å². The van der Waals surface area contributed by atoms with Crippen LogP contribution in [0, 0.1) is 0 Å². The van der Waals surface area contributed by atoms with E-state index in [1.807, 2.05) is 24.3 Å². The summed E-state index contributed by atoms with van der Waals surface area (Å²) < 4.78 is 29.5. The predicted octanol–water partition coefficient (Wildman–Crippen LogP) is 2.05. The van der Waals surface area contributed by atoms with Crippen molar-refractivity contribution in [2.75, 3.05) is 57.3 Å². The highest BCUT2D eigenvalue weighted by Gasteiger charge is 2.34. The second-order valence-electron chi connectivity index (χ2n) is 8.03. The number of aryl methyl sites for hydroxylation is 1. The van der Waals surface area contributed by atoms with Crippen molar-refractivity contribution in [3.8, 4) is 0 Å². The molecule has 0 saturated carbocycles. The summed E-state index contributed by atoms with van der Waals surface area (Å²) in [6, 6.07) is 7.49. The maximum absolute atomic E-state index is 13.3. The Morgan fingerprint density at radius 2 is 1.76 bits per heavy atom. The Labute approximate surface area is 201 Å². The van der Waals surface area contributed by atoms with Crippen LogP contribution in [0.4, 0.5) is 5.69 Å². The van der Waals surface area contributed by atoms with E-state index >= 15 is 0 Å². The molecule has 11 heteroatoms. The molecule has 1 fully saturated rings. The first-order valence-corrected chi connectivity index (χ1v) is 13.1. The summed E-state index contributed by atoms with van der Waals surface area (Å²) >= 11 is 5.96. The zero-order valence-corrected chi connectivity index (χ0v) is 21.1. The van der Waals surface area contributed by atoms with Crippen LogP contribution >= 0.6 is 11.6 Å². The largest absolute Gasteiger partial charge is 0.369 e. The Hall–Kier alpha value is -2.14. The number of rotatable bonds is 10. The molecule has 2 heterocycles. The maximum Gasteiger partial charge on any atom is 0.263 e. The van der Waals surface area contributed by atoms with E-state index in [-0.39, 0.29) is 10.6 Å². The van der Waals surface area contributed by atoms with Gasteiger partial charge in [0.15, 0.2) is 0 Å². The van der Waals surface area contributed by atoms with Crippen LogP contribution in [0.15, 0.2) is 35.5 Å². The van der Waals surface area contributed by atoms with Crippen molar-refractivity contribution in [1.82, 2.24) is 24.3 Å². The lowest BCUT2D eigenvalue weighted by Gasteiger charge is -2.35. The number of amides is 1. The average Bonchev–Trinajstić information content (AvgIpc) is 3.22. The van der Waals surface area contributed by atoms with E-state index in [0.717, 1.165) is 31.7 Å². The molecule has 1 aromatic carbocycles. The summed E-state index contributed by atoms with van der Waals surface area (Å²) in [4.78, 5) is 17.2. The van der Waals surface area contributed by atoms with Crippen LogP contribution in [0.5, 0.6) is 0 Å². The molecule has 0 aliphatic carbocycles. The Balaban J connectivity index is 1.64. The van der Waals surface area contributed by atoms with Gasteiger partial charge >= 0.3 is 0 Å². The molecule has 2 aromatic rings. The zero-order chi connectivity index (χ0) is 24.0. The van der Waals surface area contributed by atoms with Gasteiger partial charge in [-0.15, -0.1) is 0 Å². The van der Waals surface area contributed by atoms with Crippen molar-refractivity contribution in [3.63, 3.8) is 0 Å². The van der Waals surface area contributed by atoms with Gasteiger partial charge in [-0.3, -0.25) is 9.48 Å². The molecule has 1 aliphatic rings. The van der Waals surface area contributed by atoms with E-state index in [4.69, 9.17) is 11.6 Å². The summed E-state index contributed by atoms with van der Waals surface area (Å²) in [7, 11) is -2.28. The third kappa shape index (κ3) is 6.26. The Bertz CT molecular complexity index is 1030. The van der Waals surface area contributed by atoms with Crippen LogP contribution in [-0.4, -0.2) is 85.7 Å². The Morgan fingerprint density at radius 3 is 2.36 bits per heavy atom. The standard InChI is InChI=1S/C22H33ClN6O3S/c1-4-27(5-2)12-6-11-24-21(30)20-17-26(3)25-22(20)33(31,32)29-15-13-28(14-16-29)19-9-7-18(23)8-10-19/h7-10,17H,4-6,11-16H2,1-3H3,(H,24,30). The van der Waals surface area contributed by atoms with Gasteiger partial charge in [0.05, 0.1) is 5.56 Å². The fraction of sp³-hybridized carbons (Fsp3) is 0.545. The van der Waals surface area contributed by atoms with E-state index in [9.17, 15) is 13.2 Å². The lowest BCUT2D eigenvalue weighted by atomic mass is 10.2. The molecule has 1 amide bonds. The molecule has 1 aliphatic heterocycles. The molecule has 182 valence electrons. The molecule has 1 saturated heterocycles. The molecule has 0 bridgehead atoms. The van der Waals surface area contributed by atoms with E-state index in [0.29, 0.717) is 37.7 Å². The number of carbonyl (C=O) groups excluding carboxylic acids is 1. The Morgan fingerprint density at radius 1 is 1.12 bits per heavy atom. The number of hydrogen-bond donors (Lipinski definition) is 1. The highest BCUT2D eigenvalue weighted by atomic mass is 35.5. The number of piperazine rings is 1. The van der Waals surface area contributed by atoms with Crippen molar-refractivity contribution in [3.05, 3.63) is 41.0 Å². The van der Waals surface area contributed by atoms with Crippen LogP contribution < -0.4 is 10.2 Å². The van der Waals surface area contributed by atoms with E-state index < -0.39 is 15.9 Å². The molecule has 0 atom stereocenters. The Kier molecular flexibility index (Phi) is 8.75. The molecule has 33 heavy (non-hydrogen) atoms. The van der Waals surface area contributed by atoms with Gasteiger partial charge in [-0.1, -0.05) is 25.4 Å². The van der Waals surface area contributed by atoms with Crippen molar-refractivity contribution in [2.24, 2.45) is 7.05 Å². The van der Waals surface area contributed by atoms with Crippen LogP contribution in [0.2, 0.25) is 5.02 Å². The molecular formula is C22H33ClN6O3S. The molecular weight excluding hydrogens is 464 g/mol. The second kappa shape index (κ2) is 11.3. The number of nitrogens with one attached hydrogen (secondary N) is 1. The number of anilines is 1. The topological polar surface area (TPSA) is 90.8 Å². The summed E-state index contributed by atoms with van der Waals surface area (Å²) in [5, 5.41) is 7.45. The number of hydrogen-bond acceptors (Lipinski definition) is 6. The van der Waals surface area contributed by atoms with Gasteiger partial charge in [-0.2, -0.15) is 9.40 Å². The van der Waals surface area contributed by atoms with Crippen molar-refractivity contribution in [1.29, 1.82) is 0 Å². The minimum absolute atomic E-state index is 0.0838. The van der Waals surface area contributed by atoms with Crippen LogP contribution in [0.3, 0.4) is 0 Å². The number of sulfonamides is 1. The predicted molar refractivity (Wildman–Crippen MR) is 130 cm³/mol. The number of halogens is 1. The number of nitrogens with zero attached hydrogens (tertiary/aromatic N) is 5. The summed E-state index contributed by atoms with van der Waals surface area (Å²) in [5.74, 6) is -0.416. The fourth-order valence-corrected chi connectivity index (χ4v) is 5.58. The lowest BCUT2D eigenvalue weighted by molar-refractivity contribution is 0.0948. The first-order valence-electron chi connectivity index (χ1n) is 11.3. The molecule has 1 N–H and O–H groups in total. The summed E-state index contributed by atoms with van der Waals surface area (Å²) in [5.41, 5.74) is 1.08. The first-order chi connectivity index (χ1) is 15.8. The van der Waals surface area contributed by atoms with E-state index in [2.05, 4.69) is 34.1 Å². The molecule has 0 unspecified atom stereocenters. The first kappa shape index (κ1) is 25.5. The smallest absolute Gasteiger partial charge is 0.263 e. The summed E-state index contributed by atoms with van der Waals surface area (Å²) in [6.45, 7) is 9.18. The lowest BCUT2D eigenvalue weighted by Crippen LogP contribution is -2.49.